The van der Waals surface area contributed by atoms with Gasteiger partial charge in [0.1, 0.15) is 5.75 Å². The van der Waals surface area contributed by atoms with E-state index in [0.29, 0.717) is 0 Å². The minimum Gasteiger partial charge on any atom is -0.493 e. The van der Waals surface area contributed by atoms with E-state index in [1.165, 1.54) is 44.9 Å². The van der Waals surface area contributed by atoms with Crippen LogP contribution in [0.2, 0.25) is 0 Å². The van der Waals surface area contributed by atoms with E-state index >= 15 is 0 Å². The summed E-state index contributed by atoms with van der Waals surface area (Å²) >= 11 is 0. The quantitative estimate of drug-likeness (QED) is 0.507. The Hall–Kier alpha value is -1.02. The van der Waals surface area contributed by atoms with Gasteiger partial charge >= 0.3 is 0 Å². The molecule has 1 aromatic carbocycles. The van der Waals surface area contributed by atoms with Gasteiger partial charge in [-0.15, -0.1) is 0 Å². The molecule has 0 saturated carbocycles. The number of ether oxygens (including phenoxy) is 1. The summed E-state index contributed by atoms with van der Waals surface area (Å²) in [5, 5.41) is 0. The lowest BCUT2D eigenvalue weighted by atomic mass is 9.99. The van der Waals surface area contributed by atoms with Crippen molar-refractivity contribution >= 4 is 0 Å². The third-order valence-electron chi connectivity index (χ3n) is 3.90. The van der Waals surface area contributed by atoms with Gasteiger partial charge in [-0.2, -0.15) is 0 Å². The first-order chi connectivity index (χ1) is 10.3. The zero-order valence-corrected chi connectivity index (χ0v) is 13.9. The number of para-hydroxylation sites is 1. The third kappa shape index (κ3) is 7.52. The number of hydrogen-bond donors (Lipinski definition) is 1. The molecule has 2 N–H and O–H groups in total. The van der Waals surface area contributed by atoms with Gasteiger partial charge in [0.25, 0.3) is 0 Å². The molecule has 2 heteroatoms. The molecule has 0 fully saturated rings. The Labute approximate surface area is 131 Å². The van der Waals surface area contributed by atoms with Gasteiger partial charge in [-0.1, -0.05) is 77.0 Å². The average Bonchev–Trinajstić information content (AvgIpc) is 2.52. The molecule has 1 aromatic rings. The molecule has 120 valence electrons. The van der Waals surface area contributed by atoms with Gasteiger partial charge in [-0.05, 0) is 18.9 Å². The van der Waals surface area contributed by atoms with E-state index in [2.05, 4.69) is 26.0 Å². The molecule has 0 aromatic heterocycles. The van der Waals surface area contributed by atoms with Crippen molar-refractivity contribution in [3.8, 4) is 5.75 Å². The molecule has 0 bridgehead atoms. The van der Waals surface area contributed by atoms with Crippen LogP contribution in [-0.2, 0) is 0 Å². The lowest BCUT2D eigenvalue weighted by Gasteiger charge is -2.16. The lowest BCUT2D eigenvalue weighted by Crippen LogP contribution is -2.12. The van der Waals surface area contributed by atoms with Crippen molar-refractivity contribution in [2.45, 2.75) is 77.7 Å². The molecule has 21 heavy (non-hydrogen) atoms. The highest BCUT2D eigenvalue weighted by atomic mass is 16.5. The first-order valence-electron chi connectivity index (χ1n) is 8.76. The molecule has 1 unspecified atom stereocenters. The summed E-state index contributed by atoms with van der Waals surface area (Å²) in [6, 6.07) is 8.33. The first kappa shape index (κ1) is 18.0. The van der Waals surface area contributed by atoms with Crippen molar-refractivity contribution in [1.29, 1.82) is 0 Å². The highest BCUT2D eigenvalue weighted by Gasteiger charge is 2.11. The Morgan fingerprint density at radius 3 is 2.29 bits per heavy atom. The van der Waals surface area contributed by atoms with Crippen LogP contribution in [0.3, 0.4) is 0 Å². The van der Waals surface area contributed by atoms with Crippen LogP contribution in [0.5, 0.6) is 5.75 Å². The first-order valence-corrected chi connectivity index (χ1v) is 8.76. The van der Waals surface area contributed by atoms with Gasteiger partial charge in [0.2, 0.25) is 0 Å². The standard InChI is InChI=1S/C19H33NO/c1-3-5-6-7-8-9-10-14-18(20)17-13-11-12-15-19(17)21-16-4-2/h11-13,15,18H,3-10,14,16,20H2,1-2H3. The summed E-state index contributed by atoms with van der Waals surface area (Å²) in [5.41, 5.74) is 7.51. The van der Waals surface area contributed by atoms with Crippen LogP contribution < -0.4 is 10.5 Å². The van der Waals surface area contributed by atoms with E-state index in [-0.39, 0.29) is 6.04 Å². The van der Waals surface area contributed by atoms with Crippen molar-refractivity contribution in [2.24, 2.45) is 5.73 Å². The van der Waals surface area contributed by atoms with Crippen LogP contribution in [-0.4, -0.2) is 6.61 Å². The second kappa shape index (κ2) is 11.6. The third-order valence-corrected chi connectivity index (χ3v) is 3.90. The minimum absolute atomic E-state index is 0.105. The number of unbranched alkanes of at least 4 members (excludes halogenated alkanes) is 6. The summed E-state index contributed by atoms with van der Waals surface area (Å²) in [6.45, 7) is 5.15. The summed E-state index contributed by atoms with van der Waals surface area (Å²) in [6.07, 6.45) is 11.4. The van der Waals surface area contributed by atoms with Gasteiger partial charge < -0.3 is 10.5 Å². The van der Waals surface area contributed by atoms with Crippen molar-refractivity contribution in [3.05, 3.63) is 29.8 Å². The van der Waals surface area contributed by atoms with E-state index < -0.39 is 0 Å². The zero-order chi connectivity index (χ0) is 15.3. The van der Waals surface area contributed by atoms with Gasteiger partial charge in [-0.25, -0.2) is 0 Å². The molecule has 0 aliphatic carbocycles. The molecule has 0 heterocycles. The van der Waals surface area contributed by atoms with E-state index in [1.54, 1.807) is 0 Å². The number of rotatable bonds is 12. The molecule has 0 saturated heterocycles. The Morgan fingerprint density at radius 1 is 0.905 bits per heavy atom. The van der Waals surface area contributed by atoms with Crippen molar-refractivity contribution in [3.63, 3.8) is 0 Å². The van der Waals surface area contributed by atoms with Crippen molar-refractivity contribution in [1.82, 2.24) is 0 Å². The molecule has 0 amide bonds. The van der Waals surface area contributed by atoms with Gasteiger partial charge in [0, 0.05) is 11.6 Å². The van der Waals surface area contributed by atoms with Crippen molar-refractivity contribution in [2.75, 3.05) is 6.61 Å². The summed E-state index contributed by atoms with van der Waals surface area (Å²) in [5.74, 6) is 0.967. The van der Waals surface area contributed by atoms with Crippen LogP contribution in [0.25, 0.3) is 0 Å². The number of hydrogen-bond acceptors (Lipinski definition) is 2. The Kier molecular flexibility index (Phi) is 9.98. The zero-order valence-electron chi connectivity index (χ0n) is 13.9. The van der Waals surface area contributed by atoms with Crippen LogP contribution in [0, 0.1) is 0 Å². The molecule has 0 aliphatic heterocycles. The van der Waals surface area contributed by atoms with Crippen LogP contribution in [0.1, 0.15) is 83.2 Å². The molecule has 0 radical (unpaired) electrons. The number of benzene rings is 1. The largest absolute Gasteiger partial charge is 0.493 e. The molecule has 0 aliphatic rings. The predicted molar refractivity (Wildman–Crippen MR) is 91.8 cm³/mol. The Balaban J connectivity index is 2.29. The SMILES string of the molecule is CCCCCCCCCC(N)c1ccccc1OCCC. The maximum Gasteiger partial charge on any atom is 0.124 e. The van der Waals surface area contributed by atoms with Gasteiger partial charge in [0.15, 0.2) is 0 Å². The topological polar surface area (TPSA) is 35.2 Å². The van der Waals surface area contributed by atoms with Gasteiger partial charge in [-0.3, -0.25) is 0 Å². The van der Waals surface area contributed by atoms with E-state index in [1.807, 2.05) is 12.1 Å². The van der Waals surface area contributed by atoms with Crippen LogP contribution in [0.15, 0.2) is 24.3 Å². The van der Waals surface area contributed by atoms with E-state index in [0.717, 1.165) is 30.8 Å². The average molecular weight is 291 g/mol. The normalized spacial score (nSPS) is 12.3. The van der Waals surface area contributed by atoms with Crippen LogP contribution >= 0.6 is 0 Å². The fraction of sp³-hybridized carbons (Fsp3) is 0.684. The Morgan fingerprint density at radius 2 is 1.57 bits per heavy atom. The molecule has 0 spiro atoms. The maximum absolute atomic E-state index is 6.35. The fourth-order valence-corrected chi connectivity index (χ4v) is 2.61. The number of nitrogens with two attached hydrogens (primary N) is 1. The Bertz CT molecular complexity index is 364. The van der Waals surface area contributed by atoms with Crippen molar-refractivity contribution < 1.29 is 4.74 Å². The second-order valence-corrected chi connectivity index (χ2v) is 5.90. The monoisotopic (exact) mass is 291 g/mol. The summed E-state index contributed by atoms with van der Waals surface area (Å²) < 4.78 is 5.80. The highest BCUT2D eigenvalue weighted by molar-refractivity contribution is 5.35. The molecule has 1 rings (SSSR count). The lowest BCUT2D eigenvalue weighted by molar-refractivity contribution is 0.311. The summed E-state index contributed by atoms with van der Waals surface area (Å²) in [4.78, 5) is 0. The molecule has 1 atom stereocenters. The molecule has 2 nitrogen and oxygen atoms in total. The molecular weight excluding hydrogens is 258 g/mol. The van der Waals surface area contributed by atoms with E-state index in [4.69, 9.17) is 10.5 Å². The fourth-order valence-electron chi connectivity index (χ4n) is 2.61. The summed E-state index contributed by atoms with van der Waals surface area (Å²) in [7, 11) is 0. The smallest absolute Gasteiger partial charge is 0.124 e. The minimum atomic E-state index is 0.105. The maximum atomic E-state index is 6.35. The second-order valence-electron chi connectivity index (χ2n) is 5.90. The van der Waals surface area contributed by atoms with Gasteiger partial charge in [0.05, 0.1) is 6.61 Å². The highest BCUT2D eigenvalue weighted by Crippen LogP contribution is 2.27. The molecular formula is C19H33NO. The van der Waals surface area contributed by atoms with Crippen LogP contribution in [0.4, 0.5) is 0 Å². The predicted octanol–water partition coefficient (Wildman–Crippen LogP) is 5.62. The van der Waals surface area contributed by atoms with E-state index in [9.17, 15) is 0 Å².